The SMILES string of the molecule is COc1nc(Nc2ccc3ccc4cccc5ccc2c3c45)nc(OC)n1. The minimum atomic E-state index is 0.196. The van der Waals surface area contributed by atoms with Gasteiger partial charge in [0.25, 0.3) is 0 Å². The van der Waals surface area contributed by atoms with E-state index in [0.717, 1.165) is 11.1 Å². The number of hydrogen-bond donors (Lipinski definition) is 1. The van der Waals surface area contributed by atoms with Gasteiger partial charge in [0.2, 0.25) is 5.95 Å². The number of aromatic nitrogens is 3. The van der Waals surface area contributed by atoms with Gasteiger partial charge in [0.1, 0.15) is 0 Å². The first-order valence-corrected chi connectivity index (χ1v) is 8.54. The second kappa shape index (κ2) is 5.95. The Hall–Kier alpha value is -3.67. The number of nitrogens with zero attached hydrogens (tertiary/aromatic N) is 3. The molecule has 6 nitrogen and oxygen atoms in total. The molecule has 0 saturated carbocycles. The summed E-state index contributed by atoms with van der Waals surface area (Å²) in [5.74, 6) is 0.369. The Morgan fingerprint density at radius 1 is 0.667 bits per heavy atom. The highest BCUT2D eigenvalue weighted by molar-refractivity contribution is 6.25. The zero-order valence-corrected chi connectivity index (χ0v) is 14.9. The summed E-state index contributed by atoms with van der Waals surface area (Å²) in [5, 5.41) is 10.5. The summed E-state index contributed by atoms with van der Waals surface area (Å²) in [4.78, 5) is 12.6. The zero-order valence-electron chi connectivity index (χ0n) is 14.9. The van der Waals surface area contributed by atoms with E-state index in [4.69, 9.17) is 9.47 Å². The molecule has 0 spiro atoms. The number of nitrogens with one attached hydrogen (secondary N) is 1. The summed E-state index contributed by atoms with van der Waals surface area (Å²) in [7, 11) is 3.02. The molecule has 0 radical (unpaired) electrons. The van der Waals surface area contributed by atoms with Crippen LogP contribution in [0.15, 0.2) is 54.6 Å². The van der Waals surface area contributed by atoms with Crippen LogP contribution in [0.2, 0.25) is 0 Å². The molecule has 0 aliphatic carbocycles. The van der Waals surface area contributed by atoms with E-state index in [9.17, 15) is 0 Å². The predicted octanol–water partition coefficient (Wildman–Crippen LogP) is 4.53. The van der Waals surface area contributed by atoms with Gasteiger partial charge < -0.3 is 14.8 Å². The molecule has 0 atom stereocenters. The molecule has 0 unspecified atom stereocenters. The summed E-state index contributed by atoms with van der Waals surface area (Å²) in [6, 6.07) is 19.5. The van der Waals surface area contributed by atoms with Crippen molar-refractivity contribution < 1.29 is 9.47 Å². The minimum Gasteiger partial charge on any atom is -0.467 e. The average molecular weight is 356 g/mol. The molecule has 0 fully saturated rings. The lowest BCUT2D eigenvalue weighted by Gasteiger charge is -2.14. The van der Waals surface area contributed by atoms with Crippen molar-refractivity contribution >= 4 is 44.0 Å². The van der Waals surface area contributed by atoms with Gasteiger partial charge in [-0.1, -0.05) is 48.5 Å². The van der Waals surface area contributed by atoms with Crippen LogP contribution in [-0.2, 0) is 0 Å². The van der Waals surface area contributed by atoms with Crippen LogP contribution in [0.3, 0.4) is 0 Å². The van der Waals surface area contributed by atoms with Crippen molar-refractivity contribution in [2.24, 2.45) is 0 Å². The molecule has 0 amide bonds. The molecule has 0 bridgehead atoms. The molecule has 1 heterocycles. The van der Waals surface area contributed by atoms with Crippen LogP contribution in [-0.4, -0.2) is 29.2 Å². The maximum absolute atomic E-state index is 5.13. The first-order chi connectivity index (χ1) is 13.3. The van der Waals surface area contributed by atoms with Gasteiger partial charge in [0.05, 0.1) is 14.2 Å². The smallest absolute Gasteiger partial charge is 0.324 e. The Morgan fingerprint density at radius 3 is 1.93 bits per heavy atom. The van der Waals surface area contributed by atoms with E-state index in [1.807, 2.05) is 6.07 Å². The third-order valence-electron chi connectivity index (χ3n) is 4.73. The van der Waals surface area contributed by atoms with E-state index in [2.05, 4.69) is 68.8 Å². The van der Waals surface area contributed by atoms with Crippen LogP contribution in [0.1, 0.15) is 0 Å². The normalized spacial score (nSPS) is 11.3. The fourth-order valence-electron chi connectivity index (χ4n) is 3.54. The maximum atomic E-state index is 5.13. The molecule has 0 aliphatic heterocycles. The summed E-state index contributed by atoms with van der Waals surface area (Å²) in [6.07, 6.45) is 0. The Kier molecular flexibility index (Phi) is 3.43. The average Bonchev–Trinajstić information content (AvgIpc) is 2.72. The summed E-state index contributed by atoms with van der Waals surface area (Å²) >= 11 is 0. The molecule has 1 N–H and O–H groups in total. The summed E-state index contributed by atoms with van der Waals surface area (Å²) < 4.78 is 10.3. The van der Waals surface area contributed by atoms with Crippen molar-refractivity contribution in [3.05, 3.63) is 54.6 Å². The highest BCUT2D eigenvalue weighted by Gasteiger charge is 2.13. The quantitative estimate of drug-likeness (QED) is 0.477. The Balaban J connectivity index is 1.72. The molecule has 5 aromatic rings. The lowest BCUT2D eigenvalue weighted by Crippen LogP contribution is -2.04. The van der Waals surface area contributed by atoms with Crippen molar-refractivity contribution in [3.63, 3.8) is 0 Å². The van der Waals surface area contributed by atoms with E-state index < -0.39 is 0 Å². The second-order valence-electron chi connectivity index (χ2n) is 6.23. The maximum Gasteiger partial charge on any atom is 0.324 e. The highest BCUT2D eigenvalue weighted by Crippen LogP contribution is 2.38. The van der Waals surface area contributed by atoms with Crippen LogP contribution >= 0.6 is 0 Å². The van der Waals surface area contributed by atoms with Crippen molar-refractivity contribution in [2.75, 3.05) is 19.5 Å². The number of hydrogen-bond acceptors (Lipinski definition) is 6. The molecule has 4 aromatic carbocycles. The van der Waals surface area contributed by atoms with E-state index in [0.29, 0.717) is 5.95 Å². The second-order valence-corrected chi connectivity index (χ2v) is 6.23. The molecule has 132 valence electrons. The molecule has 0 aliphatic rings. The van der Waals surface area contributed by atoms with Gasteiger partial charge in [-0.15, -0.1) is 4.98 Å². The standard InChI is InChI=1S/C21H16N4O2/c1-26-20-23-19(24-21(25-20)27-2)22-16-11-9-14-7-6-12-4-3-5-13-8-10-15(16)18(14)17(12)13/h3-11H,1-2H3,(H,22,23,24,25). The van der Waals surface area contributed by atoms with E-state index in [1.54, 1.807) is 0 Å². The highest BCUT2D eigenvalue weighted by atomic mass is 16.5. The topological polar surface area (TPSA) is 69.2 Å². The van der Waals surface area contributed by atoms with Crippen LogP contribution < -0.4 is 14.8 Å². The van der Waals surface area contributed by atoms with Crippen LogP contribution in [0, 0.1) is 0 Å². The van der Waals surface area contributed by atoms with Gasteiger partial charge in [-0.05, 0) is 33.0 Å². The van der Waals surface area contributed by atoms with Gasteiger partial charge in [-0.25, -0.2) is 0 Å². The Labute approximate surface area is 155 Å². The molecule has 5 rings (SSSR count). The first-order valence-electron chi connectivity index (χ1n) is 8.54. The van der Waals surface area contributed by atoms with Gasteiger partial charge in [-0.3, -0.25) is 0 Å². The number of ether oxygens (including phenoxy) is 2. The number of anilines is 2. The van der Waals surface area contributed by atoms with Gasteiger partial charge in [0.15, 0.2) is 0 Å². The number of methoxy groups -OCH3 is 2. The van der Waals surface area contributed by atoms with Gasteiger partial charge >= 0.3 is 12.0 Å². The summed E-state index contributed by atoms with van der Waals surface area (Å²) in [5.41, 5.74) is 0.913. The van der Waals surface area contributed by atoms with Crippen LogP contribution in [0.5, 0.6) is 12.0 Å². The fourth-order valence-corrected chi connectivity index (χ4v) is 3.54. The van der Waals surface area contributed by atoms with Gasteiger partial charge in [-0.2, -0.15) is 9.97 Å². The van der Waals surface area contributed by atoms with Crippen molar-refractivity contribution in [2.45, 2.75) is 0 Å². The Morgan fingerprint density at radius 2 is 1.26 bits per heavy atom. The first kappa shape index (κ1) is 15.6. The van der Waals surface area contributed by atoms with Crippen molar-refractivity contribution in [1.29, 1.82) is 0 Å². The van der Waals surface area contributed by atoms with E-state index in [1.165, 1.54) is 41.2 Å². The number of rotatable bonds is 4. The lowest BCUT2D eigenvalue weighted by molar-refractivity contribution is 0.341. The zero-order chi connectivity index (χ0) is 18.4. The minimum absolute atomic E-state index is 0.196. The lowest BCUT2D eigenvalue weighted by atomic mass is 9.93. The van der Waals surface area contributed by atoms with Crippen molar-refractivity contribution in [3.8, 4) is 12.0 Å². The van der Waals surface area contributed by atoms with Crippen molar-refractivity contribution in [1.82, 2.24) is 15.0 Å². The Bertz CT molecular complexity index is 1250. The predicted molar refractivity (Wildman–Crippen MR) is 106 cm³/mol. The van der Waals surface area contributed by atoms with Gasteiger partial charge in [0, 0.05) is 11.1 Å². The van der Waals surface area contributed by atoms with E-state index >= 15 is 0 Å². The third kappa shape index (κ3) is 2.45. The third-order valence-corrected chi connectivity index (χ3v) is 4.73. The number of benzene rings is 4. The largest absolute Gasteiger partial charge is 0.467 e. The summed E-state index contributed by atoms with van der Waals surface area (Å²) in [6.45, 7) is 0. The van der Waals surface area contributed by atoms with E-state index in [-0.39, 0.29) is 12.0 Å². The molecular formula is C21H16N4O2. The molecule has 6 heteroatoms. The van der Waals surface area contributed by atoms with Crippen LogP contribution in [0.4, 0.5) is 11.6 Å². The molecule has 1 aromatic heterocycles. The van der Waals surface area contributed by atoms with Crippen LogP contribution in [0.25, 0.3) is 32.3 Å². The monoisotopic (exact) mass is 356 g/mol. The molecule has 27 heavy (non-hydrogen) atoms. The fraction of sp³-hybridized carbons (Fsp3) is 0.0952. The molecular weight excluding hydrogens is 340 g/mol. The molecule has 0 saturated heterocycles.